The summed E-state index contributed by atoms with van der Waals surface area (Å²) in [6.45, 7) is 5.51. The van der Waals surface area contributed by atoms with E-state index in [9.17, 15) is 4.79 Å². The lowest BCUT2D eigenvalue weighted by Gasteiger charge is -2.25. The maximum Gasteiger partial charge on any atom is 0.318 e. The highest BCUT2D eigenvalue weighted by Crippen LogP contribution is 2.29. The second-order valence-electron chi connectivity index (χ2n) is 5.83. The van der Waals surface area contributed by atoms with E-state index < -0.39 is 0 Å². The molecule has 6 nitrogen and oxygen atoms in total. The third-order valence-corrected chi connectivity index (χ3v) is 4.88. The molecule has 0 bridgehead atoms. The van der Waals surface area contributed by atoms with Crippen molar-refractivity contribution in [2.45, 2.75) is 58.3 Å². The molecular formula is C16H23N5OS. The zero-order valence-corrected chi connectivity index (χ0v) is 14.4. The van der Waals surface area contributed by atoms with Crippen LogP contribution < -0.4 is 5.32 Å². The van der Waals surface area contributed by atoms with E-state index in [1.54, 1.807) is 17.7 Å². The number of thiophene rings is 1. The van der Waals surface area contributed by atoms with Crippen LogP contribution in [-0.4, -0.2) is 31.7 Å². The van der Waals surface area contributed by atoms with Crippen LogP contribution in [0, 0.1) is 0 Å². The van der Waals surface area contributed by atoms with Crippen molar-refractivity contribution in [2.75, 3.05) is 0 Å². The van der Waals surface area contributed by atoms with Crippen LogP contribution in [0.5, 0.6) is 0 Å². The highest BCUT2D eigenvalue weighted by molar-refractivity contribution is 7.07. The lowest BCUT2D eigenvalue weighted by Crippen LogP contribution is -2.43. The van der Waals surface area contributed by atoms with E-state index in [2.05, 4.69) is 39.1 Å². The summed E-state index contributed by atoms with van der Waals surface area (Å²) >= 11 is 1.67. The first-order valence-corrected chi connectivity index (χ1v) is 9.13. The van der Waals surface area contributed by atoms with Crippen LogP contribution >= 0.6 is 11.3 Å². The van der Waals surface area contributed by atoms with Gasteiger partial charge in [0.1, 0.15) is 12.2 Å². The molecule has 0 aliphatic heterocycles. The third kappa shape index (κ3) is 3.72. The Bertz CT molecular complexity index is 635. The van der Waals surface area contributed by atoms with Gasteiger partial charge >= 0.3 is 6.03 Å². The van der Waals surface area contributed by atoms with E-state index in [0.29, 0.717) is 12.6 Å². The summed E-state index contributed by atoms with van der Waals surface area (Å²) in [5.41, 5.74) is 1.20. The van der Waals surface area contributed by atoms with Gasteiger partial charge in [0.15, 0.2) is 0 Å². The van der Waals surface area contributed by atoms with Crippen molar-refractivity contribution in [3.8, 4) is 0 Å². The molecule has 1 atom stereocenters. The number of hydrogen-bond donors (Lipinski definition) is 1. The van der Waals surface area contributed by atoms with E-state index in [0.717, 1.165) is 31.6 Å². The number of urea groups is 1. The van der Waals surface area contributed by atoms with Crippen LogP contribution in [0.1, 0.15) is 50.5 Å². The molecule has 124 valence electrons. The lowest BCUT2D eigenvalue weighted by molar-refractivity contribution is 0.186. The molecule has 0 aromatic carbocycles. The average molecular weight is 333 g/mol. The molecule has 2 aromatic rings. The molecule has 23 heavy (non-hydrogen) atoms. The zero-order chi connectivity index (χ0) is 16.2. The first-order chi connectivity index (χ1) is 11.2. The van der Waals surface area contributed by atoms with Crippen molar-refractivity contribution in [2.24, 2.45) is 0 Å². The van der Waals surface area contributed by atoms with Gasteiger partial charge in [0.2, 0.25) is 0 Å². The number of nitrogens with one attached hydrogen (secondary N) is 1. The predicted molar refractivity (Wildman–Crippen MR) is 90.1 cm³/mol. The second kappa shape index (κ2) is 7.12. The van der Waals surface area contributed by atoms with Crippen LogP contribution in [-0.2, 0) is 13.1 Å². The van der Waals surface area contributed by atoms with Crippen molar-refractivity contribution < 1.29 is 4.79 Å². The number of hydrogen-bond acceptors (Lipinski definition) is 4. The molecule has 1 N–H and O–H groups in total. The fraction of sp³-hybridized carbons (Fsp3) is 0.562. The molecule has 1 fully saturated rings. The van der Waals surface area contributed by atoms with Crippen LogP contribution in [0.2, 0.25) is 0 Å². The molecule has 2 amide bonds. The highest BCUT2D eigenvalue weighted by Gasteiger charge is 2.33. The van der Waals surface area contributed by atoms with Gasteiger partial charge in [-0.05, 0) is 48.6 Å². The van der Waals surface area contributed by atoms with E-state index in [4.69, 9.17) is 0 Å². The van der Waals surface area contributed by atoms with E-state index >= 15 is 0 Å². The SMILES string of the molecule is CC[C@H](NC(=O)N(Cc1ccsc1)C1CC1)c1ncnn1CC. The summed E-state index contributed by atoms with van der Waals surface area (Å²) < 4.78 is 1.84. The molecule has 1 aliphatic rings. The monoisotopic (exact) mass is 333 g/mol. The summed E-state index contributed by atoms with van der Waals surface area (Å²) in [6, 6.07) is 2.35. The van der Waals surface area contributed by atoms with Crippen LogP contribution in [0.15, 0.2) is 23.2 Å². The number of carbonyl (C=O) groups excluding carboxylic acids is 1. The standard InChI is InChI=1S/C16H23N5OS/c1-3-14(15-17-11-18-21(15)4-2)19-16(22)20(13-5-6-13)9-12-7-8-23-10-12/h7-8,10-11,13-14H,3-6,9H2,1-2H3,(H,19,22)/t14-/m0/s1. The van der Waals surface area contributed by atoms with Crippen molar-refractivity contribution in [1.29, 1.82) is 0 Å². The van der Waals surface area contributed by atoms with Gasteiger partial charge in [-0.3, -0.25) is 0 Å². The minimum absolute atomic E-state index is 0.00352. The molecule has 0 saturated heterocycles. The Balaban J connectivity index is 1.70. The Kier molecular flexibility index (Phi) is 4.95. The van der Waals surface area contributed by atoms with Gasteiger partial charge in [0, 0.05) is 19.1 Å². The molecule has 0 unspecified atom stereocenters. The summed E-state index contributed by atoms with van der Waals surface area (Å²) in [7, 11) is 0. The first kappa shape index (κ1) is 16.0. The Labute approximate surface area is 140 Å². The average Bonchev–Trinajstić information content (AvgIpc) is 3.08. The van der Waals surface area contributed by atoms with Crippen LogP contribution in [0.3, 0.4) is 0 Å². The summed E-state index contributed by atoms with van der Waals surface area (Å²) in [5.74, 6) is 0.828. The molecule has 0 spiro atoms. The largest absolute Gasteiger partial charge is 0.328 e. The van der Waals surface area contributed by atoms with Gasteiger partial charge in [-0.25, -0.2) is 14.5 Å². The fourth-order valence-corrected chi connectivity index (χ4v) is 3.36. The van der Waals surface area contributed by atoms with Crippen molar-refractivity contribution in [3.63, 3.8) is 0 Å². The normalized spacial score (nSPS) is 15.4. The van der Waals surface area contributed by atoms with Gasteiger partial charge < -0.3 is 10.2 Å². The molecule has 1 aliphatic carbocycles. The second-order valence-corrected chi connectivity index (χ2v) is 6.62. The van der Waals surface area contributed by atoms with Crippen LogP contribution in [0.25, 0.3) is 0 Å². The van der Waals surface area contributed by atoms with Gasteiger partial charge in [-0.2, -0.15) is 16.4 Å². The highest BCUT2D eigenvalue weighted by atomic mass is 32.1. The van der Waals surface area contributed by atoms with Crippen molar-refractivity contribution in [1.82, 2.24) is 25.0 Å². The minimum Gasteiger partial charge on any atom is -0.328 e. The molecule has 7 heteroatoms. The Morgan fingerprint density at radius 1 is 1.52 bits per heavy atom. The number of amides is 2. The summed E-state index contributed by atoms with van der Waals surface area (Å²) in [6.07, 6.45) is 4.54. The number of nitrogens with zero attached hydrogens (tertiary/aromatic N) is 4. The molecule has 3 rings (SSSR count). The number of aryl methyl sites for hydroxylation is 1. The number of rotatable bonds is 7. The molecule has 0 radical (unpaired) electrons. The Morgan fingerprint density at radius 3 is 2.96 bits per heavy atom. The predicted octanol–water partition coefficient (Wildman–Crippen LogP) is 3.18. The first-order valence-electron chi connectivity index (χ1n) is 8.18. The Hall–Kier alpha value is -1.89. The quantitative estimate of drug-likeness (QED) is 0.846. The third-order valence-electron chi connectivity index (χ3n) is 4.14. The number of aromatic nitrogens is 3. The van der Waals surface area contributed by atoms with Crippen molar-refractivity contribution in [3.05, 3.63) is 34.5 Å². The van der Waals surface area contributed by atoms with Crippen molar-refractivity contribution >= 4 is 17.4 Å². The smallest absolute Gasteiger partial charge is 0.318 e. The molecular weight excluding hydrogens is 310 g/mol. The van der Waals surface area contributed by atoms with Crippen LogP contribution in [0.4, 0.5) is 4.79 Å². The number of carbonyl (C=O) groups is 1. The summed E-state index contributed by atoms with van der Waals surface area (Å²) in [5, 5.41) is 11.5. The maximum atomic E-state index is 12.8. The lowest BCUT2D eigenvalue weighted by atomic mass is 10.2. The fourth-order valence-electron chi connectivity index (χ4n) is 2.70. The Morgan fingerprint density at radius 2 is 2.35 bits per heavy atom. The minimum atomic E-state index is -0.103. The van der Waals surface area contributed by atoms with Gasteiger partial charge in [-0.1, -0.05) is 6.92 Å². The van der Waals surface area contributed by atoms with E-state index in [1.165, 1.54) is 5.56 Å². The van der Waals surface area contributed by atoms with Gasteiger partial charge in [0.05, 0.1) is 6.04 Å². The van der Waals surface area contributed by atoms with E-state index in [1.807, 2.05) is 16.5 Å². The zero-order valence-electron chi connectivity index (χ0n) is 13.6. The maximum absolute atomic E-state index is 12.8. The molecule has 2 heterocycles. The summed E-state index contributed by atoms with van der Waals surface area (Å²) in [4.78, 5) is 19.1. The van der Waals surface area contributed by atoms with Gasteiger partial charge in [-0.15, -0.1) is 0 Å². The van der Waals surface area contributed by atoms with E-state index in [-0.39, 0.29) is 12.1 Å². The topological polar surface area (TPSA) is 63.1 Å². The molecule has 1 saturated carbocycles. The molecule has 2 aromatic heterocycles. The van der Waals surface area contributed by atoms with Gasteiger partial charge in [0.25, 0.3) is 0 Å².